The van der Waals surface area contributed by atoms with E-state index in [4.69, 9.17) is 11.6 Å². The van der Waals surface area contributed by atoms with Crippen LogP contribution in [0.1, 0.15) is 63.3 Å². The van der Waals surface area contributed by atoms with Crippen LogP contribution >= 0.6 is 11.6 Å². The second kappa shape index (κ2) is 9.39. The molecule has 0 saturated heterocycles. The van der Waals surface area contributed by atoms with Crippen LogP contribution in [-0.2, 0) is 11.2 Å². The molecule has 2 aromatic heterocycles. The van der Waals surface area contributed by atoms with Crippen molar-refractivity contribution in [1.29, 1.82) is 0 Å². The predicted octanol–water partition coefficient (Wildman–Crippen LogP) is 6.42. The molecule has 188 valence electrons. The molecule has 36 heavy (non-hydrogen) atoms. The first-order chi connectivity index (χ1) is 16.8. The molecule has 2 aromatic carbocycles. The maximum atomic E-state index is 14.8. The highest BCUT2D eigenvalue weighted by molar-refractivity contribution is 6.35. The van der Waals surface area contributed by atoms with Crippen molar-refractivity contribution in [3.63, 3.8) is 0 Å². The zero-order chi connectivity index (χ0) is 26.4. The van der Waals surface area contributed by atoms with Crippen LogP contribution in [0.25, 0.3) is 22.0 Å². The summed E-state index contributed by atoms with van der Waals surface area (Å²) in [7, 11) is 0. The Bertz CT molecular complexity index is 1430. The van der Waals surface area contributed by atoms with Gasteiger partial charge in [0.15, 0.2) is 5.82 Å². The number of hydrogen-bond acceptors (Lipinski definition) is 6. The number of aromatic nitrogens is 3. The lowest BCUT2D eigenvalue weighted by molar-refractivity contribution is 0.0687. The van der Waals surface area contributed by atoms with E-state index in [-0.39, 0.29) is 5.82 Å². The summed E-state index contributed by atoms with van der Waals surface area (Å²) in [6.07, 6.45) is 3.33. The summed E-state index contributed by atoms with van der Waals surface area (Å²) in [6, 6.07) is 9.93. The third-order valence-electron chi connectivity index (χ3n) is 6.15. The van der Waals surface area contributed by atoms with E-state index in [0.717, 1.165) is 22.0 Å². The van der Waals surface area contributed by atoms with E-state index in [9.17, 15) is 14.6 Å². The Kier molecular flexibility index (Phi) is 6.77. The first-order valence-electron chi connectivity index (χ1n) is 11.7. The van der Waals surface area contributed by atoms with Crippen LogP contribution in [0.3, 0.4) is 0 Å². The van der Waals surface area contributed by atoms with E-state index in [0.29, 0.717) is 33.4 Å². The monoisotopic (exact) mass is 508 g/mol. The van der Waals surface area contributed by atoms with Gasteiger partial charge in [-0.15, -0.1) is 0 Å². The molecule has 0 spiro atoms. The van der Waals surface area contributed by atoms with Gasteiger partial charge in [-0.25, -0.2) is 14.4 Å². The fraction of sp³-hybridized carbons (Fsp3) is 0.321. The largest absolute Gasteiger partial charge is 0.386 e. The predicted molar refractivity (Wildman–Crippen MR) is 141 cm³/mol. The van der Waals surface area contributed by atoms with Crippen molar-refractivity contribution >= 4 is 28.2 Å². The highest BCUT2D eigenvalue weighted by Crippen LogP contribution is 2.37. The van der Waals surface area contributed by atoms with Crippen molar-refractivity contribution in [2.24, 2.45) is 0 Å². The summed E-state index contributed by atoms with van der Waals surface area (Å²) < 4.78 is 14.8. The van der Waals surface area contributed by atoms with Crippen LogP contribution in [0.2, 0.25) is 5.02 Å². The lowest BCUT2D eigenvalue weighted by atomic mass is 9.94. The SMILES string of the molecule is Cc1nc2ccc(-c3cnc(C(C)(C)O)nc3)cc2c(N[C@H](C)c2cc(C(C)(C)O)ccc2F)c1Cl. The van der Waals surface area contributed by atoms with Crippen LogP contribution in [0.15, 0.2) is 48.8 Å². The number of halogens is 2. The molecule has 0 aliphatic carbocycles. The van der Waals surface area contributed by atoms with E-state index < -0.39 is 17.2 Å². The Morgan fingerprint density at radius 2 is 1.61 bits per heavy atom. The maximum absolute atomic E-state index is 14.8. The van der Waals surface area contributed by atoms with Crippen molar-refractivity contribution < 1.29 is 14.6 Å². The van der Waals surface area contributed by atoms with Crippen molar-refractivity contribution in [3.05, 3.63) is 82.3 Å². The minimum atomic E-state index is -1.14. The van der Waals surface area contributed by atoms with E-state index in [1.54, 1.807) is 52.2 Å². The fourth-order valence-corrected chi connectivity index (χ4v) is 4.23. The molecule has 0 unspecified atom stereocenters. The number of nitrogens with one attached hydrogen (secondary N) is 1. The zero-order valence-electron chi connectivity index (χ0n) is 21.2. The van der Waals surface area contributed by atoms with E-state index >= 15 is 0 Å². The quantitative estimate of drug-likeness (QED) is 0.278. The number of aryl methyl sites for hydroxylation is 1. The average molecular weight is 509 g/mol. The Morgan fingerprint density at radius 3 is 2.22 bits per heavy atom. The van der Waals surface area contributed by atoms with Crippen molar-refractivity contribution in [2.45, 2.75) is 58.8 Å². The van der Waals surface area contributed by atoms with Gasteiger partial charge in [0, 0.05) is 28.9 Å². The van der Waals surface area contributed by atoms with Crippen molar-refractivity contribution in [2.75, 3.05) is 5.32 Å². The van der Waals surface area contributed by atoms with E-state index in [1.807, 2.05) is 32.0 Å². The lowest BCUT2D eigenvalue weighted by Gasteiger charge is -2.23. The first kappa shape index (κ1) is 25.9. The summed E-state index contributed by atoms with van der Waals surface area (Å²) in [5.41, 5.74) is 2.42. The molecule has 0 bridgehead atoms. The molecule has 0 saturated carbocycles. The van der Waals surface area contributed by atoms with Crippen molar-refractivity contribution in [3.8, 4) is 11.1 Å². The molecule has 0 aliphatic rings. The summed E-state index contributed by atoms with van der Waals surface area (Å²) >= 11 is 6.71. The van der Waals surface area contributed by atoms with Crippen LogP contribution in [0.4, 0.5) is 10.1 Å². The number of nitrogens with zero attached hydrogens (tertiary/aromatic N) is 3. The van der Waals surface area contributed by atoms with Crippen LogP contribution < -0.4 is 5.32 Å². The molecule has 2 heterocycles. The molecule has 8 heteroatoms. The van der Waals surface area contributed by atoms with Gasteiger partial charge in [-0.1, -0.05) is 23.7 Å². The number of fused-ring (bicyclic) bond motifs is 1. The van der Waals surface area contributed by atoms with Gasteiger partial charge in [-0.05, 0) is 76.9 Å². The summed E-state index contributed by atoms with van der Waals surface area (Å²) in [6.45, 7) is 10.3. The Labute approximate surface area is 215 Å². The standard InChI is InChI=1S/C28H30ClFN4O2/c1-15(20-12-19(27(3,4)35)8-9-22(20)30)34-25-21-11-17(7-10-23(21)33-16(2)24(25)29)18-13-31-26(32-14-18)28(5,6)36/h7-15,35-36H,1-6H3,(H,33,34)/t15-/m1/s1. The van der Waals surface area contributed by atoms with Gasteiger partial charge in [-0.3, -0.25) is 4.98 Å². The van der Waals surface area contributed by atoms with Crippen LogP contribution in [0.5, 0.6) is 0 Å². The van der Waals surface area contributed by atoms with Crippen molar-refractivity contribution in [1.82, 2.24) is 15.0 Å². The minimum absolute atomic E-state index is 0.332. The highest BCUT2D eigenvalue weighted by Gasteiger charge is 2.22. The molecule has 0 aliphatic heterocycles. The number of pyridine rings is 1. The Balaban J connectivity index is 1.78. The molecule has 0 radical (unpaired) electrons. The molecule has 4 aromatic rings. The Morgan fingerprint density at radius 1 is 0.944 bits per heavy atom. The third kappa shape index (κ3) is 5.19. The molecule has 1 atom stereocenters. The zero-order valence-corrected chi connectivity index (χ0v) is 21.9. The summed E-state index contributed by atoms with van der Waals surface area (Å²) in [4.78, 5) is 13.2. The number of benzene rings is 2. The van der Waals surface area contributed by atoms with Gasteiger partial charge < -0.3 is 15.5 Å². The molecular weight excluding hydrogens is 479 g/mol. The molecule has 0 fully saturated rings. The van der Waals surface area contributed by atoms with Gasteiger partial charge >= 0.3 is 0 Å². The van der Waals surface area contributed by atoms with Crippen LogP contribution in [-0.4, -0.2) is 25.2 Å². The highest BCUT2D eigenvalue weighted by atomic mass is 35.5. The number of anilines is 1. The van der Waals surface area contributed by atoms with Gasteiger partial charge in [0.05, 0.1) is 33.6 Å². The topological polar surface area (TPSA) is 91.2 Å². The normalized spacial score (nSPS) is 13.2. The molecule has 3 N–H and O–H groups in total. The van der Waals surface area contributed by atoms with Gasteiger partial charge in [-0.2, -0.15) is 0 Å². The third-order valence-corrected chi connectivity index (χ3v) is 6.62. The van der Waals surface area contributed by atoms with Gasteiger partial charge in [0.1, 0.15) is 11.4 Å². The van der Waals surface area contributed by atoms with E-state index in [1.165, 1.54) is 6.07 Å². The molecular formula is C28H30ClFN4O2. The molecule has 0 amide bonds. The second-order valence-corrected chi connectivity index (χ2v) is 10.5. The number of rotatable bonds is 6. The summed E-state index contributed by atoms with van der Waals surface area (Å²) in [5, 5.41) is 25.1. The fourth-order valence-electron chi connectivity index (χ4n) is 4.03. The minimum Gasteiger partial charge on any atom is -0.386 e. The molecule has 6 nitrogen and oxygen atoms in total. The summed E-state index contributed by atoms with van der Waals surface area (Å²) in [5.74, 6) is -0.0437. The second-order valence-electron chi connectivity index (χ2n) is 10.1. The van der Waals surface area contributed by atoms with Gasteiger partial charge in [0.2, 0.25) is 0 Å². The van der Waals surface area contributed by atoms with Gasteiger partial charge in [0.25, 0.3) is 0 Å². The Hall–Kier alpha value is -3.13. The van der Waals surface area contributed by atoms with Crippen LogP contribution in [0, 0.1) is 12.7 Å². The van der Waals surface area contributed by atoms with E-state index in [2.05, 4.69) is 20.3 Å². The molecule has 4 rings (SSSR count). The maximum Gasteiger partial charge on any atom is 0.159 e. The number of hydrogen-bond donors (Lipinski definition) is 3. The number of aliphatic hydroxyl groups is 2. The lowest BCUT2D eigenvalue weighted by Crippen LogP contribution is -2.19. The smallest absolute Gasteiger partial charge is 0.159 e. The average Bonchev–Trinajstić information content (AvgIpc) is 2.80. The first-order valence-corrected chi connectivity index (χ1v) is 12.1.